The summed E-state index contributed by atoms with van der Waals surface area (Å²) in [6.45, 7) is 6.68. The van der Waals surface area contributed by atoms with Crippen LogP contribution in [0.5, 0.6) is 0 Å². The molecule has 0 aromatic heterocycles. The van der Waals surface area contributed by atoms with Gasteiger partial charge in [-0.3, -0.25) is 14.4 Å². The first-order valence-electron chi connectivity index (χ1n) is 21.6. The van der Waals surface area contributed by atoms with E-state index < -0.39 is 17.9 Å². The van der Waals surface area contributed by atoms with Crippen LogP contribution in [0.3, 0.4) is 0 Å². The molecular weight excluding hydrogens is 624 g/mol. The lowest BCUT2D eigenvalue weighted by Crippen LogP contribution is -1.93. The zero-order chi connectivity index (χ0) is 37.6. The van der Waals surface area contributed by atoms with Crippen LogP contribution in [0, 0.1) is 0 Å². The van der Waals surface area contributed by atoms with E-state index in [-0.39, 0.29) is 0 Å². The number of rotatable bonds is 37. The van der Waals surface area contributed by atoms with Crippen molar-refractivity contribution < 1.29 is 29.7 Å². The van der Waals surface area contributed by atoms with Crippen molar-refractivity contribution in [3.8, 4) is 0 Å². The van der Waals surface area contributed by atoms with Gasteiger partial charge in [0.1, 0.15) is 0 Å². The standard InChI is InChI=1S/C18H36O2.C18H34O2.C8H16O2/c2*1-2-3-4-5-6-7-8-9-10-11-12-13-14-15-16-17-18(19)20;1-2-3-4-5-6-7-8(9)10/h2-17H2,1H3,(H,19,20);9-10H,2-8,11-17H2,1H3,(H,19,20);2-7H2,1H3,(H,9,10). The Bertz CT molecular complexity index is 705. The van der Waals surface area contributed by atoms with E-state index in [1.54, 1.807) is 0 Å². The van der Waals surface area contributed by atoms with Crippen LogP contribution in [-0.4, -0.2) is 33.2 Å². The van der Waals surface area contributed by atoms with E-state index in [1.807, 2.05) is 0 Å². The molecule has 0 saturated carbocycles. The SMILES string of the molecule is CCCCCCCC(=O)O.CCCCCCCCC=CCCCCCCCC(=O)O.CCCCCCCCCCCCCCCCCC(=O)O. The molecular formula is C44H86O6. The molecule has 6 nitrogen and oxygen atoms in total. The van der Waals surface area contributed by atoms with Crippen LogP contribution in [-0.2, 0) is 14.4 Å². The second kappa shape index (κ2) is 49.3. The third-order valence-corrected chi connectivity index (χ3v) is 9.14. The number of hydrogen-bond acceptors (Lipinski definition) is 3. The predicted molar refractivity (Wildman–Crippen MR) is 215 cm³/mol. The Labute approximate surface area is 311 Å². The van der Waals surface area contributed by atoms with Gasteiger partial charge in [0.15, 0.2) is 0 Å². The predicted octanol–water partition coefficient (Wildman–Crippen LogP) is 14.9. The topological polar surface area (TPSA) is 112 Å². The average molecular weight is 711 g/mol. The highest BCUT2D eigenvalue weighted by Gasteiger charge is 1.98. The van der Waals surface area contributed by atoms with Crippen LogP contribution in [0.1, 0.15) is 252 Å². The highest BCUT2D eigenvalue weighted by Crippen LogP contribution is 2.14. The number of carboxylic acids is 3. The Hall–Kier alpha value is -1.85. The third-order valence-electron chi connectivity index (χ3n) is 9.14. The van der Waals surface area contributed by atoms with E-state index in [0.717, 1.165) is 38.5 Å². The summed E-state index contributed by atoms with van der Waals surface area (Å²) in [4.78, 5) is 30.7. The van der Waals surface area contributed by atoms with E-state index in [9.17, 15) is 14.4 Å². The van der Waals surface area contributed by atoms with Gasteiger partial charge in [0.2, 0.25) is 0 Å². The van der Waals surface area contributed by atoms with Gasteiger partial charge in [-0.15, -0.1) is 0 Å². The maximum absolute atomic E-state index is 10.3. The van der Waals surface area contributed by atoms with Crippen molar-refractivity contribution in [1.82, 2.24) is 0 Å². The first-order chi connectivity index (χ1) is 24.3. The van der Waals surface area contributed by atoms with Crippen molar-refractivity contribution in [2.75, 3.05) is 0 Å². The number of unbranched alkanes of at least 4 members (excludes halogenated alkanes) is 29. The van der Waals surface area contributed by atoms with E-state index in [2.05, 4.69) is 32.9 Å². The molecule has 298 valence electrons. The Balaban J connectivity index is -0.000000701. The van der Waals surface area contributed by atoms with Crippen molar-refractivity contribution in [2.45, 2.75) is 252 Å². The summed E-state index contributed by atoms with van der Waals surface area (Å²) >= 11 is 0. The van der Waals surface area contributed by atoms with Crippen LogP contribution in [0.15, 0.2) is 12.2 Å². The molecule has 0 aliphatic heterocycles. The molecule has 0 rings (SSSR count). The maximum Gasteiger partial charge on any atom is 0.303 e. The molecule has 0 aliphatic carbocycles. The van der Waals surface area contributed by atoms with Gasteiger partial charge in [0.05, 0.1) is 0 Å². The van der Waals surface area contributed by atoms with Crippen LogP contribution in [0.25, 0.3) is 0 Å². The molecule has 0 heterocycles. The number of carbonyl (C=O) groups is 3. The number of aliphatic carboxylic acids is 3. The normalized spacial score (nSPS) is 10.8. The quantitative estimate of drug-likeness (QED) is 0.0437. The van der Waals surface area contributed by atoms with Crippen molar-refractivity contribution >= 4 is 17.9 Å². The first kappa shape index (κ1) is 52.5. The van der Waals surface area contributed by atoms with Gasteiger partial charge < -0.3 is 15.3 Å². The van der Waals surface area contributed by atoms with Gasteiger partial charge >= 0.3 is 17.9 Å². The maximum atomic E-state index is 10.3. The minimum atomic E-state index is -0.670. The molecule has 3 N–H and O–H groups in total. The molecule has 0 aromatic carbocycles. The molecule has 6 heteroatoms. The molecule has 0 atom stereocenters. The fraction of sp³-hybridized carbons (Fsp3) is 0.886. The van der Waals surface area contributed by atoms with Crippen LogP contribution >= 0.6 is 0 Å². The summed E-state index contributed by atoms with van der Waals surface area (Å²) in [7, 11) is 0. The van der Waals surface area contributed by atoms with Crippen LogP contribution in [0.2, 0.25) is 0 Å². The fourth-order valence-corrected chi connectivity index (χ4v) is 5.87. The highest BCUT2D eigenvalue weighted by molar-refractivity contribution is 5.67. The zero-order valence-electron chi connectivity index (χ0n) is 33.7. The number of allylic oxidation sites excluding steroid dienone is 2. The van der Waals surface area contributed by atoms with Gasteiger partial charge in [-0.2, -0.15) is 0 Å². The Morgan fingerprint density at radius 3 is 0.680 bits per heavy atom. The van der Waals surface area contributed by atoms with Crippen molar-refractivity contribution in [2.24, 2.45) is 0 Å². The largest absolute Gasteiger partial charge is 0.481 e. The minimum Gasteiger partial charge on any atom is -0.481 e. The third kappa shape index (κ3) is 61.4. The molecule has 0 radical (unpaired) electrons. The Morgan fingerprint density at radius 1 is 0.300 bits per heavy atom. The average Bonchev–Trinajstić information content (AvgIpc) is 3.08. The molecule has 0 unspecified atom stereocenters. The minimum absolute atomic E-state index is 0.332. The van der Waals surface area contributed by atoms with Crippen LogP contribution in [0.4, 0.5) is 0 Å². The summed E-state index contributed by atoms with van der Waals surface area (Å²) < 4.78 is 0. The highest BCUT2D eigenvalue weighted by atomic mass is 16.4. The monoisotopic (exact) mass is 711 g/mol. The lowest BCUT2D eigenvalue weighted by molar-refractivity contribution is -0.138. The van der Waals surface area contributed by atoms with Gasteiger partial charge in [-0.25, -0.2) is 0 Å². The summed E-state index contributed by atoms with van der Waals surface area (Å²) in [5.41, 5.74) is 0. The summed E-state index contributed by atoms with van der Waals surface area (Å²) in [6, 6.07) is 0. The number of carboxylic acid groups (broad SMARTS) is 3. The van der Waals surface area contributed by atoms with Crippen molar-refractivity contribution in [3.05, 3.63) is 12.2 Å². The fourth-order valence-electron chi connectivity index (χ4n) is 5.87. The molecule has 0 aliphatic rings. The van der Waals surface area contributed by atoms with E-state index in [1.165, 1.54) is 173 Å². The van der Waals surface area contributed by atoms with Gasteiger partial charge in [0, 0.05) is 19.3 Å². The molecule has 0 aromatic rings. The van der Waals surface area contributed by atoms with E-state index >= 15 is 0 Å². The molecule has 0 amide bonds. The summed E-state index contributed by atoms with van der Waals surface area (Å²) in [6.07, 6.45) is 47.3. The zero-order valence-corrected chi connectivity index (χ0v) is 33.7. The number of hydrogen-bond donors (Lipinski definition) is 3. The second-order valence-electron chi connectivity index (χ2n) is 14.4. The molecule has 0 spiro atoms. The smallest absolute Gasteiger partial charge is 0.303 e. The van der Waals surface area contributed by atoms with Crippen molar-refractivity contribution in [3.63, 3.8) is 0 Å². The van der Waals surface area contributed by atoms with E-state index in [0.29, 0.717) is 19.3 Å². The Kier molecular flexibility index (Phi) is 51.7. The summed E-state index contributed by atoms with van der Waals surface area (Å²) in [5, 5.41) is 25.3. The van der Waals surface area contributed by atoms with Crippen molar-refractivity contribution in [1.29, 1.82) is 0 Å². The summed E-state index contributed by atoms with van der Waals surface area (Å²) in [5.74, 6) is -1.99. The first-order valence-corrected chi connectivity index (χ1v) is 21.6. The second-order valence-corrected chi connectivity index (χ2v) is 14.4. The lowest BCUT2D eigenvalue weighted by atomic mass is 10.0. The van der Waals surface area contributed by atoms with Gasteiger partial charge in [0.25, 0.3) is 0 Å². The van der Waals surface area contributed by atoms with Crippen LogP contribution < -0.4 is 0 Å². The molecule has 0 bridgehead atoms. The lowest BCUT2D eigenvalue weighted by Gasteiger charge is -2.03. The van der Waals surface area contributed by atoms with E-state index in [4.69, 9.17) is 15.3 Å². The van der Waals surface area contributed by atoms with Gasteiger partial charge in [-0.05, 0) is 44.9 Å². The molecule has 50 heavy (non-hydrogen) atoms. The van der Waals surface area contributed by atoms with Gasteiger partial charge in [-0.1, -0.05) is 200 Å². The molecule has 0 fully saturated rings. The Morgan fingerprint density at radius 2 is 0.480 bits per heavy atom. The molecule has 0 saturated heterocycles.